The molecule has 6 nitrogen and oxygen atoms in total. The largest absolute Gasteiger partial charge is 0.531 e. The summed E-state index contributed by atoms with van der Waals surface area (Å²) in [6.45, 7) is 1.76. The second kappa shape index (κ2) is 4.76. The van der Waals surface area contributed by atoms with Gasteiger partial charge in [-0.1, -0.05) is 5.06 Å². The fourth-order valence-electron chi connectivity index (χ4n) is 4.07. The number of fused-ring (bicyclic) bond motifs is 1. The minimum atomic E-state index is -1.64. The molecule has 3 aliphatic rings. The molecule has 0 aromatic carbocycles. The topological polar surface area (TPSA) is 83.9 Å². The Morgan fingerprint density at radius 3 is 2.38 bits per heavy atom. The van der Waals surface area contributed by atoms with Crippen molar-refractivity contribution in [1.29, 1.82) is 0 Å². The molecule has 1 saturated heterocycles. The number of amides is 2. The molecule has 2 amide bonds. The van der Waals surface area contributed by atoms with Crippen LogP contribution in [0.25, 0.3) is 0 Å². The van der Waals surface area contributed by atoms with Crippen LogP contribution in [0.5, 0.6) is 0 Å². The third-order valence-electron chi connectivity index (χ3n) is 4.99. The third kappa shape index (κ3) is 2.17. The fourth-order valence-corrected chi connectivity index (χ4v) is 4.07. The summed E-state index contributed by atoms with van der Waals surface area (Å²) < 4.78 is 0. The molecule has 0 aromatic rings. The van der Waals surface area contributed by atoms with Gasteiger partial charge in [0.25, 0.3) is 11.8 Å². The number of nitrogens with zero attached hydrogens (tertiary/aromatic N) is 1. The number of carbonyl (C=O) groups is 3. The number of hydrogen-bond donors (Lipinski definition) is 1. The second-order valence-electron chi connectivity index (χ2n) is 6.23. The average molecular weight is 291 g/mol. The minimum absolute atomic E-state index is 0.0254. The van der Waals surface area contributed by atoms with Crippen LogP contribution in [0, 0.1) is 35.0 Å². The summed E-state index contributed by atoms with van der Waals surface area (Å²) in [6.07, 6.45) is 1.92. The van der Waals surface area contributed by atoms with E-state index < -0.39 is 23.4 Å². The maximum Gasteiger partial charge on any atom is 0.531 e. The van der Waals surface area contributed by atoms with E-state index in [2.05, 4.69) is 16.7 Å². The predicted molar refractivity (Wildman–Crippen MR) is 70.4 cm³/mol. The molecule has 1 unspecified atom stereocenters. The molecule has 2 aliphatic carbocycles. The Morgan fingerprint density at radius 1 is 1.29 bits per heavy atom. The first-order chi connectivity index (χ1) is 9.95. The van der Waals surface area contributed by atoms with E-state index in [1.54, 1.807) is 6.92 Å². The van der Waals surface area contributed by atoms with Crippen LogP contribution >= 0.6 is 0 Å². The SMILES string of the molecule is CC1([C@H]2[C@@H]3CCC#CCC[C@@H]32)CC(=O)N(OC(=O)O)C1=O. The number of imide groups is 1. The molecule has 4 atom stereocenters. The normalized spacial score (nSPS) is 38.0. The van der Waals surface area contributed by atoms with Crippen molar-refractivity contribution in [3.05, 3.63) is 0 Å². The van der Waals surface area contributed by atoms with Crippen LogP contribution in [-0.4, -0.2) is 28.1 Å². The van der Waals surface area contributed by atoms with Gasteiger partial charge >= 0.3 is 6.16 Å². The summed E-state index contributed by atoms with van der Waals surface area (Å²) in [7, 11) is 0. The molecule has 3 rings (SSSR count). The molecule has 0 spiro atoms. The zero-order valence-corrected chi connectivity index (χ0v) is 11.8. The smallest absolute Gasteiger partial charge is 0.448 e. The van der Waals surface area contributed by atoms with E-state index in [9.17, 15) is 14.4 Å². The van der Waals surface area contributed by atoms with Gasteiger partial charge in [0.2, 0.25) is 0 Å². The van der Waals surface area contributed by atoms with Crippen molar-refractivity contribution in [3.63, 3.8) is 0 Å². The van der Waals surface area contributed by atoms with E-state index in [-0.39, 0.29) is 12.3 Å². The van der Waals surface area contributed by atoms with Crippen molar-refractivity contribution in [2.45, 2.75) is 39.0 Å². The lowest BCUT2D eigenvalue weighted by atomic mass is 9.81. The van der Waals surface area contributed by atoms with Gasteiger partial charge in [0, 0.05) is 19.3 Å². The van der Waals surface area contributed by atoms with E-state index in [4.69, 9.17) is 5.11 Å². The Hall–Kier alpha value is -2.03. The minimum Gasteiger partial charge on any atom is -0.448 e. The van der Waals surface area contributed by atoms with Crippen LogP contribution < -0.4 is 0 Å². The molecule has 2 fully saturated rings. The van der Waals surface area contributed by atoms with Gasteiger partial charge in [-0.15, -0.1) is 11.8 Å². The monoisotopic (exact) mass is 291 g/mol. The Balaban J connectivity index is 1.78. The summed E-state index contributed by atoms with van der Waals surface area (Å²) in [5, 5.41) is 9.05. The maximum absolute atomic E-state index is 12.5. The van der Waals surface area contributed by atoms with Crippen molar-refractivity contribution >= 4 is 18.0 Å². The van der Waals surface area contributed by atoms with Crippen molar-refractivity contribution in [3.8, 4) is 11.8 Å². The molecule has 0 radical (unpaired) electrons. The molecule has 0 aromatic heterocycles. The molecular formula is C15H17NO5. The van der Waals surface area contributed by atoms with Crippen LogP contribution in [0.1, 0.15) is 39.0 Å². The first-order valence-electron chi connectivity index (χ1n) is 7.19. The molecule has 0 bridgehead atoms. The van der Waals surface area contributed by atoms with Crippen molar-refractivity contribution in [2.24, 2.45) is 23.2 Å². The van der Waals surface area contributed by atoms with Crippen LogP contribution in [0.3, 0.4) is 0 Å². The highest BCUT2D eigenvalue weighted by atomic mass is 16.8. The van der Waals surface area contributed by atoms with Crippen molar-refractivity contribution in [2.75, 3.05) is 0 Å². The lowest BCUT2D eigenvalue weighted by Gasteiger charge is -2.21. The van der Waals surface area contributed by atoms with E-state index >= 15 is 0 Å². The Morgan fingerprint density at radius 2 is 1.86 bits per heavy atom. The van der Waals surface area contributed by atoms with Crippen molar-refractivity contribution in [1.82, 2.24) is 5.06 Å². The molecule has 1 saturated carbocycles. The quantitative estimate of drug-likeness (QED) is 0.619. The van der Waals surface area contributed by atoms with Crippen LogP contribution in [0.4, 0.5) is 4.79 Å². The lowest BCUT2D eigenvalue weighted by Crippen LogP contribution is -2.37. The average Bonchev–Trinajstić information content (AvgIpc) is 3.01. The highest BCUT2D eigenvalue weighted by molar-refractivity contribution is 6.05. The number of carboxylic acid groups (broad SMARTS) is 1. The van der Waals surface area contributed by atoms with Gasteiger partial charge in [0.1, 0.15) is 0 Å². The summed E-state index contributed by atoms with van der Waals surface area (Å²) in [6, 6.07) is 0. The molecular weight excluding hydrogens is 274 g/mol. The van der Waals surface area contributed by atoms with E-state index in [0.29, 0.717) is 16.9 Å². The lowest BCUT2D eigenvalue weighted by molar-refractivity contribution is -0.178. The molecule has 1 heterocycles. The number of hydroxylamine groups is 2. The number of carbonyl (C=O) groups excluding carboxylic acids is 2. The Bertz CT molecular complexity index is 556. The maximum atomic E-state index is 12.5. The van der Waals surface area contributed by atoms with Crippen LogP contribution in [0.2, 0.25) is 0 Å². The number of rotatable bonds is 2. The third-order valence-corrected chi connectivity index (χ3v) is 4.99. The van der Waals surface area contributed by atoms with E-state index in [1.807, 2.05) is 0 Å². The Kier molecular flexibility index (Phi) is 3.16. The Labute approximate surface area is 122 Å². The van der Waals surface area contributed by atoms with Crippen LogP contribution in [0.15, 0.2) is 0 Å². The van der Waals surface area contributed by atoms with Gasteiger partial charge in [-0.25, -0.2) is 4.79 Å². The molecule has 1 N–H and O–H groups in total. The van der Waals surface area contributed by atoms with Crippen molar-refractivity contribution < 1.29 is 24.3 Å². The summed E-state index contributed by atoms with van der Waals surface area (Å²) >= 11 is 0. The highest BCUT2D eigenvalue weighted by Crippen LogP contribution is 2.63. The zero-order chi connectivity index (χ0) is 15.2. The summed E-state index contributed by atoms with van der Waals surface area (Å²) in [5.74, 6) is 6.07. The van der Waals surface area contributed by atoms with Gasteiger partial charge in [-0.2, -0.15) is 0 Å². The highest BCUT2D eigenvalue weighted by Gasteiger charge is 2.66. The van der Waals surface area contributed by atoms with E-state index in [1.165, 1.54) is 0 Å². The van der Waals surface area contributed by atoms with Gasteiger partial charge < -0.3 is 5.11 Å². The second-order valence-corrected chi connectivity index (χ2v) is 6.23. The summed E-state index contributed by atoms with van der Waals surface area (Å²) in [4.78, 5) is 39.3. The van der Waals surface area contributed by atoms with Gasteiger partial charge in [-0.05, 0) is 37.5 Å². The zero-order valence-electron chi connectivity index (χ0n) is 11.8. The van der Waals surface area contributed by atoms with Gasteiger partial charge in [-0.3, -0.25) is 14.4 Å². The standard InChI is InChI=1S/C15H17NO5/c1-15(8-11(17)16(13(15)18)21-14(19)20)12-9-6-4-2-3-5-7-10(9)12/h9-10,12H,4-8H2,1H3,(H,19,20)/t9-,10+,12+,15?. The van der Waals surface area contributed by atoms with Gasteiger partial charge in [0.15, 0.2) is 0 Å². The molecule has 1 aliphatic heterocycles. The molecule has 6 heteroatoms. The molecule has 21 heavy (non-hydrogen) atoms. The number of hydrogen-bond acceptors (Lipinski definition) is 4. The van der Waals surface area contributed by atoms with Crippen LogP contribution in [-0.2, 0) is 14.4 Å². The van der Waals surface area contributed by atoms with E-state index in [0.717, 1.165) is 25.7 Å². The first kappa shape index (κ1) is 13.9. The van der Waals surface area contributed by atoms with Gasteiger partial charge in [0.05, 0.1) is 5.41 Å². The molecule has 112 valence electrons. The summed E-state index contributed by atoms with van der Waals surface area (Å²) in [5.41, 5.74) is -0.841. The predicted octanol–water partition coefficient (Wildman–Crippen LogP) is 1.80. The fraction of sp³-hybridized carbons (Fsp3) is 0.667. The first-order valence-corrected chi connectivity index (χ1v) is 7.19.